The molecule has 1 unspecified atom stereocenters. The molecule has 1 atom stereocenters. The molecule has 2 aromatic heterocycles. The Kier molecular flexibility index (Phi) is 6.83. The van der Waals surface area contributed by atoms with E-state index in [4.69, 9.17) is 4.74 Å². The number of anilines is 1. The average molecular weight is 396 g/mol. The Labute approximate surface area is 170 Å². The Morgan fingerprint density at radius 2 is 2.03 bits per heavy atom. The van der Waals surface area contributed by atoms with Crippen molar-refractivity contribution in [2.45, 2.75) is 20.0 Å². The minimum Gasteiger partial charge on any atom is -0.489 e. The third kappa shape index (κ3) is 5.34. The standard InChI is InChI=1S/C20H28N8O/c1-14-7-5-6-8-17(14)29-15(2)11-24-20(21-3)23-10-9-22-18-16-12-27-28(4)19(16)26-13-25-18/h5-8,12-13,15H,9-11H2,1-4H3,(H2,21,23,24)(H,22,25,26). The number of aryl methyl sites for hydroxylation is 2. The molecule has 1 aromatic carbocycles. The van der Waals surface area contributed by atoms with Crippen LogP contribution in [0.1, 0.15) is 12.5 Å². The van der Waals surface area contributed by atoms with E-state index < -0.39 is 0 Å². The maximum atomic E-state index is 5.99. The quantitative estimate of drug-likeness (QED) is 0.303. The van der Waals surface area contributed by atoms with E-state index in [1.54, 1.807) is 17.9 Å². The molecule has 0 spiro atoms. The molecule has 0 aliphatic rings. The van der Waals surface area contributed by atoms with Crippen molar-refractivity contribution in [3.05, 3.63) is 42.4 Å². The van der Waals surface area contributed by atoms with Gasteiger partial charge in [-0.05, 0) is 25.5 Å². The van der Waals surface area contributed by atoms with Crippen molar-refractivity contribution in [3.63, 3.8) is 0 Å². The Balaban J connectivity index is 1.42. The summed E-state index contributed by atoms with van der Waals surface area (Å²) in [5.74, 6) is 2.40. The minimum atomic E-state index is 0.00709. The molecule has 0 amide bonds. The minimum absolute atomic E-state index is 0.00709. The topological polar surface area (TPSA) is 101 Å². The van der Waals surface area contributed by atoms with E-state index in [-0.39, 0.29) is 6.10 Å². The number of para-hydroxylation sites is 1. The third-order valence-electron chi connectivity index (χ3n) is 4.44. The van der Waals surface area contributed by atoms with Crippen LogP contribution < -0.4 is 20.7 Å². The van der Waals surface area contributed by atoms with Crippen LogP contribution in [-0.4, -0.2) is 58.5 Å². The summed E-state index contributed by atoms with van der Waals surface area (Å²) in [5.41, 5.74) is 1.93. The van der Waals surface area contributed by atoms with Gasteiger partial charge in [-0.2, -0.15) is 5.10 Å². The maximum Gasteiger partial charge on any atom is 0.191 e. The van der Waals surface area contributed by atoms with Gasteiger partial charge in [0.15, 0.2) is 11.6 Å². The first kappa shape index (κ1) is 20.4. The summed E-state index contributed by atoms with van der Waals surface area (Å²) < 4.78 is 7.72. The number of fused-ring (bicyclic) bond motifs is 1. The van der Waals surface area contributed by atoms with Crippen LogP contribution >= 0.6 is 0 Å². The van der Waals surface area contributed by atoms with Crippen molar-refractivity contribution in [3.8, 4) is 5.75 Å². The molecule has 0 bridgehead atoms. The first-order valence-corrected chi connectivity index (χ1v) is 9.62. The van der Waals surface area contributed by atoms with Gasteiger partial charge in [0.25, 0.3) is 0 Å². The van der Waals surface area contributed by atoms with Crippen molar-refractivity contribution in [1.29, 1.82) is 0 Å². The number of nitrogens with zero attached hydrogens (tertiary/aromatic N) is 5. The van der Waals surface area contributed by atoms with E-state index in [1.807, 2.05) is 45.2 Å². The second-order valence-corrected chi connectivity index (χ2v) is 6.73. The van der Waals surface area contributed by atoms with Gasteiger partial charge in [0, 0.05) is 27.2 Å². The molecule has 0 radical (unpaired) electrons. The summed E-state index contributed by atoms with van der Waals surface area (Å²) in [6.07, 6.45) is 3.31. The Morgan fingerprint density at radius 3 is 2.83 bits per heavy atom. The number of rotatable bonds is 8. The molecule has 3 aromatic rings. The number of hydrogen-bond donors (Lipinski definition) is 3. The van der Waals surface area contributed by atoms with Gasteiger partial charge in [0.2, 0.25) is 0 Å². The summed E-state index contributed by atoms with van der Waals surface area (Å²) in [4.78, 5) is 12.8. The summed E-state index contributed by atoms with van der Waals surface area (Å²) in [5, 5.41) is 15.0. The largest absolute Gasteiger partial charge is 0.489 e. The van der Waals surface area contributed by atoms with Gasteiger partial charge in [-0.15, -0.1) is 0 Å². The van der Waals surface area contributed by atoms with Gasteiger partial charge >= 0.3 is 0 Å². The van der Waals surface area contributed by atoms with E-state index in [0.29, 0.717) is 19.6 Å². The molecular formula is C20H28N8O. The lowest BCUT2D eigenvalue weighted by atomic mass is 10.2. The fourth-order valence-corrected chi connectivity index (χ4v) is 2.87. The number of aliphatic imine (C=N–C) groups is 1. The second-order valence-electron chi connectivity index (χ2n) is 6.73. The second kappa shape index (κ2) is 9.72. The van der Waals surface area contributed by atoms with Crippen LogP contribution in [-0.2, 0) is 7.05 Å². The van der Waals surface area contributed by atoms with Crippen LogP contribution in [0.5, 0.6) is 5.75 Å². The van der Waals surface area contributed by atoms with Gasteiger partial charge in [-0.1, -0.05) is 18.2 Å². The zero-order valence-corrected chi connectivity index (χ0v) is 17.3. The Hall–Kier alpha value is -3.36. The van der Waals surface area contributed by atoms with Gasteiger partial charge < -0.3 is 20.7 Å². The summed E-state index contributed by atoms with van der Waals surface area (Å²) in [6.45, 7) is 6.07. The van der Waals surface area contributed by atoms with Gasteiger partial charge in [-0.25, -0.2) is 9.97 Å². The zero-order valence-electron chi connectivity index (χ0n) is 17.3. The van der Waals surface area contributed by atoms with Crippen LogP contribution in [0.2, 0.25) is 0 Å². The molecule has 3 N–H and O–H groups in total. The highest BCUT2D eigenvalue weighted by Gasteiger charge is 2.08. The molecule has 0 aliphatic heterocycles. The zero-order chi connectivity index (χ0) is 20.6. The summed E-state index contributed by atoms with van der Waals surface area (Å²) in [7, 11) is 3.61. The molecule has 154 valence electrons. The highest BCUT2D eigenvalue weighted by molar-refractivity contribution is 5.86. The molecule has 2 heterocycles. The first-order chi connectivity index (χ1) is 14.1. The highest BCUT2D eigenvalue weighted by Crippen LogP contribution is 2.18. The molecule has 0 fully saturated rings. The van der Waals surface area contributed by atoms with Crippen molar-refractivity contribution >= 4 is 22.8 Å². The third-order valence-corrected chi connectivity index (χ3v) is 4.44. The first-order valence-electron chi connectivity index (χ1n) is 9.62. The lowest BCUT2D eigenvalue weighted by molar-refractivity contribution is 0.222. The molecule has 9 nitrogen and oxygen atoms in total. The molecule has 3 rings (SSSR count). The molecule has 29 heavy (non-hydrogen) atoms. The highest BCUT2D eigenvalue weighted by atomic mass is 16.5. The van der Waals surface area contributed by atoms with Crippen LogP contribution in [0.15, 0.2) is 41.8 Å². The lowest BCUT2D eigenvalue weighted by Crippen LogP contribution is -2.43. The van der Waals surface area contributed by atoms with Crippen LogP contribution in [0, 0.1) is 6.92 Å². The number of guanidine groups is 1. The number of benzene rings is 1. The summed E-state index contributed by atoms with van der Waals surface area (Å²) >= 11 is 0. The fourth-order valence-electron chi connectivity index (χ4n) is 2.87. The van der Waals surface area contributed by atoms with E-state index in [0.717, 1.165) is 34.1 Å². The number of nitrogens with one attached hydrogen (secondary N) is 3. The average Bonchev–Trinajstić information content (AvgIpc) is 3.11. The van der Waals surface area contributed by atoms with Crippen molar-refractivity contribution in [2.24, 2.45) is 12.0 Å². The Bertz CT molecular complexity index is 968. The SMILES string of the molecule is CN=C(NCCNc1ncnc2c1cnn2C)NCC(C)Oc1ccccc1C. The molecule has 0 saturated carbocycles. The number of hydrogen-bond acceptors (Lipinski definition) is 6. The molecular weight excluding hydrogens is 368 g/mol. The monoisotopic (exact) mass is 396 g/mol. The normalized spacial score (nSPS) is 12.6. The van der Waals surface area contributed by atoms with Crippen molar-refractivity contribution < 1.29 is 4.74 Å². The van der Waals surface area contributed by atoms with Crippen LogP contribution in [0.25, 0.3) is 11.0 Å². The van der Waals surface area contributed by atoms with Crippen molar-refractivity contribution in [2.75, 3.05) is 32.0 Å². The predicted molar refractivity (Wildman–Crippen MR) is 115 cm³/mol. The summed E-state index contributed by atoms with van der Waals surface area (Å²) in [6, 6.07) is 8.01. The van der Waals surface area contributed by atoms with E-state index in [9.17, 15) is 0 Å². The van der Waals surface area contributed by atoms with Crippen LogP contribution in [0.4, 0.5) is 5.82 Å². The lowest BCUT2D eigenvalue weighted by Gasteiger charge is -2.19. The smallest absolute Gasteiger partial charge is 0.191 e. The maximum absolute atomic E-state index is 5.99. The molecule has 9 heteroatoms. The Morgan fingerprint density at radius 1 is 1.21 bits per heavy atom. The van der Waals surface area contributed by atoms with Gasteiger partial charge in [-0.3, -0.25) is 9.67 Å². The van der Waals surface area contributed by atoms with E-state index in [2.05, 4.69) is 36.0 Å². The van der Waals surface area contributed by atoms with Crippen molar-refractivity contribution in [1.82, 2.24) is 30.4 Å². The van der Waals surface area contributed by atoms with E-state index in [1.165, 1.54) is 6.33 Å². The predicted octanol–water partition coefficient (Wildman–Crippen LogP) is 1.72. The van der Waals surface area contributed by atoms with Gasteiger partial charge in [0.1, 0.15) is 24.0 Å². The number of ether oxygens (including phenoxy) is 1. The molecule has 0 saturated heterocycles. The number of aromatic nitrogens is 4. The fraction of sp³-hybridized carbons (Fsp3) is 0.400. The molecule has 0 aliphatic carbocycles. The van der Waals surface area contributed by atoms with Crippen LogP contribution in [0.3, 0.4) is 0 Å². The van der Waals surface area contributed by atoms with E-state index >= 15 is 0 Å². The van der Waals surface area contributed by atoms with Gasteiger partial charge in [0.05, 0.1) is 18.1 Å².